The molecular formula is C26H34N4O3S. The Morgan fingerprint density at radius 1 is 1.00 bits per heavy atom. The Bertz CT molecular complexity index is 1290. The van der Waals surface area contributed by atoms with Gasteiger partial charge in [-0.1, -0.05) is 36.4 Å². The highest BCUT2D eigenvalue weighted by atomic mass is 32.2. The summed E-state index contributed by atoms with van der Waals surface area (Å²) in [6.07, 6.45) is 0. The Kier molecular flexibility index (Phi) is 7.63. The maximum absolute atomic E-state index is 13.1. The van der Waals surface area contributed by atoms with E-state index in [9.17, 15) is 13.2 Å². The van der Waals surface area contributed by atoms with E-state index in [1.54, 1.807) is 20.8 Å². The number of amides is 1. The van der Waals surface area contributed by atoms with Crippen molar-refractivity contribution in [2.45, 2.75) is 72.5 Å². The van der Waals surface area contributed by atoms with E-state index in [1.807, 2.05) is 68.8 Å². The van der Waals surface area contributed by atoms with Crippen molar-refractivity contribution < 1.29 is 13.2 Å². The zero-order valence-electron chi connectivity index (χ0n) is 21.0. The van der Waals surface area contributed by atoms with Crippen molar-refractivity contribution in [2.24, 2.45) is 0 Å². The van der Waals surface area contributed by atoms with Crippen molar-refractivity contribution in [3.05, 3.63) is 81.2 Å². The van der Waals surface area contributed by atoms with Gasteiger partial charge in [-0.15, -0.1) is 0 Å². The van der Waals surface area contributed by atoms with Gasteiger partial charge in [0.15, 0.2) is 0 Å². The third kappa shape index (κ3) is 5.39. The molecular weight excluding hydrogens is 448 g/mol. The van der Waals surface area contributed by atoms with Crippen LogP contribution in [0.15, 0.2) is 41.3 Å². The quantitative estimate of drug-likeness (QED) is 0.511. The molecule has 3 rings (SSSR count). The van der Waals surface area contributed by atoms with Crippen LogP contribution in [0.4, 0.5) is 0 Å². The predicted molar refractivity (Wildman–Crippen MR) is 134 cm³/mol. The highest BCUT2D eigenvalue weighted by molar-refractivity contribution is 7.89. The first kappa shape index (κ1) is 25.6. The number of rotatable bonds is 8. The molecule has 0 radical (unpaired) electrons. The van der Waals surface area contributed by atoms with Crippen LogP contribution in [-0.4, -0.2) is 30.1 Å². The van der Waals surface area contributed by atoms with Crippen molar-refractivity contribution in [3.63, 3.8) is 0 Å². The summed E-state index contributed by atoms with van der Waals surface area (Å²) in [7, 11) is -3.87. The summed E-state index contributed by atoms with van der Waals surface area (Å²) in [4.78, 5) is 13.0. The number of carbonyl (C=O) groups is 1. The van der Waals surface area contributed by atoms with Gasteiger partial charge in [0.25, 0.3) is 0 Å². The summed E-state index contributed by atoms with van der Waals surface area (Å²) in [5.74, 6) is -0.391. The average Bonchev–Trinajstić information content (AvgIpc) is 3.03. The standard InChI is InChI=1S/C26H34N4O3S/c1-16-13-17(2)19(4)25(18(16)3)34(32,33)29-21(6)26(31)27-14-24-20(5)28-30(22(24)7)15-23-11-9-8-10-12-23/h8-13,21,29H,14-15H2,1-7H3,(H,27,31)/t21-/m0/s1. The lowest BCUT2D eigenvalue weighted by Gasteiger charge is -2.19. The number of hydrogen-bond acceptors (Lipinski definition) is 4. The van der Waals surface area contributed by atoms with Crippen LogP contribution >= 0.6 is 0 Å². The summed E-state index contributed by atoms with van der Waals surface area (Å²) in [5.41, 5.74) is 7.07. The van der Waals surface area contributed by atoms with E-state index in [0.717, 1.165) is 33.6 Å². The van der Waals surface area contributed by atoms with Crippen molar-refractivity contribution in [1.29, 1.82) is 0 Å². The molecule has 1 atom stereocenters. The van der Waals surface area contributed by atoms with E-state index in [-0.39, 0.29) is 11.4 Å². The second kappa shape index (κ2) is 10.1. The topological polar surface area (TPSA) is 93.1 Å². The highest BCUT2D eigenvalue weighted by Crippen LogP contribution is 2.26. The second-order valence-corrected chi connectivity index (χ2v) is 10.6. The minimum Gasteiger partial charge on any atom is -0.351 e. The lowest BCUT2D eigenvalue weighted by Crippen LogP contribution is -2.44. The van der Waals surface area contributed by atoms with Crippen LogP contribution in [0, 0.1) is 41.5 Å². The smallest absolute Gasteiger partial charge is 0.241 e. The highest BCUT2D eigenvalue weighted by Gasteiger charge is 2.26. The largest absolute Gasteiger partial charge is 0.351 e. The molecule has 3 aromatic rings. The molecule has 8 heteroatoms. The van der Waals surface area contributed by atoms with Gasteiger partial charge >= 0.3 is 0 Å². The van der Waals surface area contributed by atoms with Gasteiger partial charge in [-0.05, 0) is 76.3 Å². The van der Waals surface area contributed by atoms with Gasteiger partial charge < -0.3 is 5.32 Å². The van der Waals surface area contributed by atoms with Gasteiger partial charge in [-0.2, -0.15) is 9.82 Å². The number of nitrogens with zero attached hydrogens (tertiary/aromatic N) is 2. The van der Waals surface area contributed by atoms with E-state index in [4.69, 9.17) is 0 Å². The molecule has 34 heavy (non-hydrogen) atoms. The molecule has 0 spiro atoms. The number of aromatic nitrogens is 2. The molecule has 0 aliphatic heterocycles. The third-order valence-electron chi connectivity index (χ3n) is 6.44. The molecule has 0 saturated heterocycles. The molecule has 2 aromatic carbocycles. The lowest BCUT2D eigenvalue weighted by atomic mass is 10.0. The zero-order valence-corrected chi connectivity index (χ0v) is 21.8. The van der Waals surface area contributed by atoms with Crippen LogP contribution in [0.25, 0.3) is 0 Å². The minimum absolute atomic E-state index is 0.249. The summed E-state index contributed by atoms with van der Waals surface area (Å²) in [5, 5.41) is 7.48. The molecule has 0 aliphatic rings. The number of nitrogens with one attached hydrogen (secondary N) is 2. The Balaban J connectivity index is 1.70. The van der Waals surface area contributed by atoms with Gasteiger partial charge in [-0.3, -0.25) is 9.48 Å². The summed E-state index contributed by atoms with van der Waals surface area (Å²) in [6, 6.07) is 11.1. The first-order valence-corrected chi connectivity index (χ1v) is 12.8. The fourth-order valence-electron chi connectivity index (χ4n) is 4.16. The maximum atomic E-state index is 13.1. The zero-order chi connectivity index (χ0) is 25.2. The summed E-state index contributed by atoms with van der Waals surface area (Å²) < 4.78 is 30.8. The van der Waals surface area contributed by atoms with Crippen LogP contribution in [-0.2, 0) is 27.9 Å². The number of benzene rings is 2. The van der Waals surface area contributed by atoms with Crippen LogP contribution in [0.2, 0.25) is 0 Å². The number of carbonyl (C=O) groups excluding carboxylic acids is 1. The monoisotopic (exact) mass is 482 g/mol. The lowest BCUT2D eigenvalue weighted by molar-refractivity contribution is -0.122. The molecule has 0 fully saturated rings. The molecule has 1 amide bonds. The van der Waals surface area contributed by atoms with E-state index in [2.05, 4.69) is 15.1 Å². The van der Waals surface area contributed by atoms with Crippen molar-refractivity contribution in [1.82, 2.24) is 19.8 Å². The van der Waals surface area contributed by atoms with Crippen molar-refractivity contribution >= 4 is 15.9 Å². The molecule has 7 nitrogen and oxygen atoms in total. The fraction of sp³-hybridized carbons (Fsp3) is 0.385. The van der Waals surface area contributed by atoms with Gasteiger partial charge in [-0.25, -0.2) is 8.42 Å². The third-order valence-corrected chi connectivity index (χ3v) is 8.25. The number of sulfonamides is 1. The fourth-order valence-corrected chi connectivity index (χ4v) is 5.98. The maximum Gasteiger partial charge on any atom is 0.241 e. The van der Waals surface area contributed by atoms with Gasteiger partial charge in [0.1, 0.15) is 0 Å². The number of hydrogen-bond donors (Lipinski definition) is 2. The van der Waals surface area contributed by atoms with Gasteiger partial charge in [0.05, 0.1) is 23.2 Å². The first-order chi connectivity index (χ1) is 15.9. The molecule has 0 saturated carbocycles. The normalized spacial score (nSPS) is 12.6. The molecule has 0 unspecified atom stereocenters. The van der Waals surface area contributed by atoms with Crippen molar-refractivity contribution in [3.8, 4) is 0 Å². The first-order valence-electron chi connectivity index (χ1n) is 11.4. The average molecular weight is 483 g/mol. The Morgan fingerprint density at radius 3 is 2.18 bits per heavy atom. The molecule has 0 aliphatic carbocycles. The van der Waals surface area contributed by atoms with E-state index < -0.39 is 22.0 Å². The molecule has 182 valence electrons. The van der Waals surface area contributed by atoms with Crippen molar-refractivity contribution in [2.75, 3.05) is 0 Å². The van der Waals surface area contributed by atoms with Crippen LogP contribution < -0.4 is 10.0 Å². The van der Waals surface area contributed by atoms with Crippen LogP contribution in [0.1, 0.15) is 51.7 Å². The number of aryl methyl sites for hydroxylation is 3. The van der Waals surface area contributed by atoms with E-state index in [1.165, 1.54) is 0 Å². The molecule has 1 aromatic heterocycles. The predicted octanol–water partition coefficient (Wildman–Crippen LogP) is 3.77. The Labute approximate surface area is 202 Å². The minimum atomic E-state index is -3.87. The van der Waals surface area contributed by atoms with Gasteiger partial charge in [0, 0.05) is 17.8 Å². The van der Waals surface area contributed by atoms with E-state index >= 15 is 0 Å². The summed E-state index contributed by atoms with van der Waals surface area (Å²) in [6.45, 7) is 13.7. The Morgan fingerprint density at radius 2 is 1.59 bits per heavy atom. The molecule has 0 bridgehead atoms. The van der Waals surface area contributed by atoms with E-state index in [0.29, 0.717) is 17.7 Å². The second-order valence-electron chi connectivity index (χ2n) is 8.94. The Hall–Kier alpha value is -2.97. The van der Waals surface area contributed by atoms with Gasteiger partial charge in [0.2, 0.25) is 15.9 Å². The van der Waals surface area contributed by atoms with Crippen LogP contribution in [0.3, 0.4) is 0 Å². The van der Waals surface area contributed by atoms with Crippen LogP contribution in [0.5, 0.6) is 0 Å². The molecule has 2 N–H and O–H groups in total. The summed E-state index contributed by atoms with van der Waals surface area (Å²) >= 11 is 0. The SMILES string of the molecule is Cc1cc(C)c(C)c(S(=O)(=O)N[C@@H](C)C(=O)NCc2c(C)nn(Cc3ccccc3)c2C)c1C. The molecule has 1 heterocycles.